The normalized spacial score (nSPS) is 17.5. The van der Waals surface area contributed by atoms with Crippen LogP contribution in [0.25, 0.3) is 11.0 Å². The van der Waals surface area contributed by atoms with Gasteiger partial charge in [-0.1, -0.05) is 39.0 Å². The van der Waals surface area contributed by atoms with Gasteiger partial charge in [0.1, 0.15) is 11.3 Å². The van der Waals surface area contributed by atoms with Gasteiger partial charge in [0.15, 0.2) is 0 Å². The van der Waals surface area contributed by atoms with Crippen molar-refractivity contribution >= 4 is 26.7 Å². The van der Waals surface area contributed by atoms with E-state index >= 15 is 0 Å². The van der Waals surface area contributed by atoms with Gasteiger partial charge in [0.2, 0.25) is 0 Å². The van der Waals surface area contributed by atoms with Crippen molar-refractivity contribution in [1.82, 2.24) is 0 Å². The van der Waals surface area contributed by atoms with Crippen molar-refractivity contribution in [2.24, 2.45) is 11.3 Å². The topological polar surface area (TPSA) is 59.3 Å². The second-order valence-corrected chi connectivity index (χ2v) is 10.6. The molecule has 148 valence electrons. The van der Waals surface area contributed by atoms with Crippen LogP contribution in [0.1, 0.15) is 44.1 Å². The fraction of sp³-hybridized carbons (Fsp3) is 0.391. The molecule has 1 aromatic heterocycles. The van der Waals surface area contributed by atoms with Crippen LogP contribution in [-0.4, -0.2) is 8.42 Å². The summed E-state index contributed by atoms with van der Waals surface area (Å²) in [5.74, 6) is 1.64. The first-order valence-corrected chi connectivity index (χ1v) is 11.3. The number of hydrogen-bond acceptors (Lipinski definition) is 3. The number of anilines is 1. The van der Waals surface area contributed by atoms with Crippen LogP contribution in [0.15, 0.2) is 51.8 Å². The van der Waals surface area contributed by atoms with E-state index in [0.717, 1.165) is 41.6 Å². The number of sulfonamides is 1. The first-order valence-electron chi connectivity index (χ1n) is 9.78. The van der Waals surface area contributed by atoms with E-state index in [2.05, 4.69) is 25.5 Å². The summed E-state index contributed by atoms with van der Waals surface area (Å²) in [5, 5.41) is 1.03. The molecule has 28 heavy (non-hydrogen) atoms. The first kappa shape index (κ1) is 19.1. The average molecular weight is 398 g/mol. The Balaban J connectivity index is 1.74. The first-order chi connectivity index (χ1) is 13.1. The number of furan rings is 1. The summed E-state index contributed by atoms with van der Waals surface area (Å²) in [4.78, 5) is 0.261. The molecule has 1 aliphatic carbocycles. The number of hydrogen-bond donors (Lipinski definition) is 1. The highest BCUT2D eigenvalue weighted by molar-refractivity contribution is 7.92. The van der Waals surface area contributed by atoms with Crippen LogP contribution in [0.5, 0.6) is 0 Å². The molecule has 0 bridgehead atoms. The predicted octanol–water partition coefficient (Wildman–Crippen LogP) is 5.69. The molecule has 1 heterocycles. The molecule has 1 aliphatic rings. The van der Waals surface area contributed by atoms with Crippen LogP contribution < -0.4 is 4.72 Å². The van der Waals surface area contributed by atoms with Crippen LogP contribution in [0, 0.1) is 18.3 Å². The lowest BCUT2D eigenvalue weighted by Gasteiger charge is -2.33. The molecule has 0 amide bonds. The maximum absolute atomic E-state index is 12.8. The second kappa shape index (κ2) is 6.66. The lowest BCUT2D eigenvalue weighted by atomic mass is 9.71. The van der Waals surface area contributed by atoms with Crippen molar-refractivity contribution in [3.63, 3.8) is 0 Å². The Labute approximate surface area is 167 Å². The van der Waals surface area contributed by atoms with Crippen LogP contribution >= 0.6 is 0 Å². The van der Waals surface area contributed by atoms with Crippen molar-refractivity contribution < 1.29 is 12.8 Å². The molecular formula is C23H27NO3S. The zero-order valence-corrected chi connectivity index (χ0v) is 17.7. The third-order valence-electron chi connectivity index (χ3n) is 5.91. The number of fused-ring (bicyclic) bond motifs is 3. The molecule has 1 N–H and O–H groups in total. The predicted molar refractivity (Wildman–Crippen MR) is 113 cm³/mol. The molecule has 5 heteroatoms. The minimum Gasteiger partial charge on any atom is -0.461 e. The molecule has 0 spiro atoms. The van der Waals surface area contributed by atoms with E-state index in [0.29, 0.717) is 11.6 Å². The van der Waals surface area contributed by atoms with E-state index in [-0.39, 0.29) is 10.3 Å². The molecule has 0 fully saturated rings. The molecule has 0 unspecified atom stereocenters. The minimum atomic E-state index is -3.62. The molecule has 0 aliphatic heterocycles. The Bertz CT molecular complexity index is 1120. The summed E-state index contributed by atoms with van der Waals surface area (Å²) < 4.78 is 34.4. The number of nitrogens with one attached hydrogen (secondary N) is 1. The van der Waals surface area contributed by atoms with Gasteiger partial charge in [0.25, 0.3) is 10.0 Å². The van der Waals surface area contributed by atoms with E-state index in [4.69, 9.17) is 4.42 Å². The molecule has 0 saturated carbocycles. The Morgan fingerprint density at radius 3 is 2.50 bits per heavy atom. The zero-order chi connectivity index (χ0) is 20.1. The van der Waals surface area contributed by atoms with Gasteiger partial charge in [-0.3, -0.25) is 4.72 Å². The third-order valence-corrected chi connectivity index (χ3v) is 7.30. The van der Waals surface area contributed by atoms with Gasteiger partial charge in [-0.05, 0) is 60.9 Å². The van der Waals surface area contributed by atoms with E-state index in [1.54, 1.807) is 30.3 Å². The highest BCUT2D eigenvalue weighted by atomic mass is 32.2. The van der Waals surface area contributed by atoms with Crippen LogP contribution in [0.3, 0.4) is 0 Å². The van der Waals surface area contributed by atoms with Crippen LogP contribution in [0.2, 0.25) is 0 Å². The van der Waals surface area contributed by atoms with Crippen molar-refractivity contribution in [3.05, 3.63) is 59.4 Å². The Hall–Kier alpha value is -2.27. The maximum Gasteiger partial charge on any atom is 0.261 e. The van der Waals surface area contributed by atoms with E-state index in [1.165, 1.54) is 5.56 Å². The van der Waals surface area contributed by atoms with Crippen molar-refractivity contribution in [2.75, 3.05) is 4.72 Å². The summed E-state index contributed by atoms with van der Waals surface area (Å²) in [5.41, 5.74) is 3.79. The lowest BCUT2D eigenvalue weighted by molar-refractivity contribution is 0.210. The van der Waals surface area contributed by atoms with Gasteiger partial charge in [0, 0.05) is 17.4 Å². The number of rotatable bonds is 3. The van der Waals surface area contributed by atoms with Gasteiger partial charge < -0.3 is 4.42 Å². The smallest absolute Gasteiger partial charge is 0.261 e. The fourth-order valence-electron chi connectivity index (χ4n) is 4.08. The highest BCUT2D eigenvalue weighted by Crippen LogP contribution is 2.42. The van der Waals surface area contributed by atoms with Gasteiger partial charge in [-0.15, -0.1) is 0 Å². The number of benzene rings is 2. The number of aryl methyl sites for hydroxylation is 2. The Morgan fingerprint density at radius 2 is 1.82 bits per heavy atom. The SMILES string of the molecule is Cc1cc2oc3c(c2cc1NS(=O)(=O)c1ccccc1)C[C@@H](C(C)(C)C)CC3. The molecule has 3 aromatic rings. The molecule has 2 aromatic carbocycles. The molecule has 1 atom stereocenters. The summed E-state index contributed by atoms with van der Waals surface area (Å²) in [6.07, 6.45) is 3.04. The van der Waals surface area contributed by atoms with Gasteiger partial charge in [-0.2, -0.15) is 0 Å². The Kier molecular flexibility index (Phi) is 4.53. The lowest BCUT2D eigenvalue weighted by Crippen LogP contribution is -2.26. The van der Waals surface area contributed by atoms with Gasteiger partial charge >= 0.3 is 0 Å². The third kappa shape index (κ3) is 3.44. The second-order valence-electron chi connectivity index (χ2n) is 8.89. The van der Waals surface area contributed by atoms with E-state index in [1.807, 2.05) is 19.1 Å². The molecule has 4 rings (SSSR count). The molecule has 0 radical (unpaired) electrons. The quantitative estimate of drug-likeness (QED) is 0.617. The highest BCUT2D eigenvalue weighted by Gasteiger charge is 2.32. The van der Waals surface area contributed by atoms with E-state index in [9.17, 15) is 8.42 Å². The fourth-order valence-corrected chi connectivity index (χ4v) is 5.22. The molecular weight excluding hydrogens is 370 g/mol. The van der Waals surface area contributed by atoms with Crippen molar-refractivity contribution in [3.8, 4) is 0 Å². The van der Waals surface area contributed by atoms with Crippen LogP contribution in [0.4, 0.5) is 5.69 Å². The minimum absolute atomic E-state index is 0.240. The largest absolute Gasteiger partial charge is 0.461 e. The summed E-state index contributed by atoms with van der Waals surface area (Å²) in [6.45, 7) is 8.76. The average Bonchev–Trinajstić information content (AvgIpc) is 2.98. The summed E-state index contributed by atoms with van der Waals surface area (Å²) >= 11 is 0. The zero-order valence-electron chi connectivity index (χ0n) is 16.9. The van der Waals surface area contributed by atoms with Gasteiger partial charge in [0.05, 0.1) is 10.6 Å². The molecule has 0 saturated heterocycles. The van der Waals surface area contributed by atoms with E-state index < -0.39 is 10.0 Å². The van der Waals surface area contributed by atoms with Crippen molar-refractivity contribution in [1.29, 1.82) is 0 Å². The van der Waals surface area contributed by atoms with Crippen LogP contribution in [-0.2, 0) is 22.9 Å². The summed E-state index contributed by atoms with van der Waals surface area (Å²) in [7, 11) is -3.62. The molecule has 4 nitrogen and oxygen atoms in total. The summed E-state index contributed by atoms with van der Waals surface area (Å²) in [6, 6.07) is 12.3. The standard InChI is InChI=1S/C23H27NO3S/c1-15-12-22-19(18-13-16(23(2,3)4)10-11-21(18)27-22)14-20(15)24-28(25,26)17-8-6-5-7-9-17/h5-9,12,14,16,24H,10-11,13H2,1-4H3/t16-/m0/s1. The monoisotopic (exact) mass is 397 g/mol. The van der Waals surface area contributed by atoms with Gasteiger partial charge in [-0.25, -0.2) is 8.42 Å². The Morgan fingerprint density at radius 1 is 1.11 bits per heavy atom. The maximum atomic E-state index is 12.8. The van der Waals surface area contributed by atoms with Crippen molar-refractivity contribution in [2.45, 2.75) is 51.9 Å².